The molecule has 9 nitrogen and oxygen atoms in total. The minimum absolute atomic E-state index is 0.00811. The predicted octanol–water partition coefficient (Wildman–Crippen LogP) is 3.12. The molecule has 1 N–H and O–H groups in total. The molecule has 0 bridgehead atoms. The number of rotatable bonds is 5. The van der Waals surface area contributed by atoms with Gasteiger partial charge in [0.15, 0.2) is 6.10 Å². The lowest BCUT2D eigenvalue weighted by molar-refractivity contribution is -0.385. The number of anilines is 2. The molecule has 9 heteroatoms. The van der Waals surface area contributed by atoms with E-state index >= 15 is 0 Å². The van der Waals surface area contributed by atoms with Crippen molar-refractivity contribution in [2.45, 2.75) is 32.3 Å². The molecule has 2 aromatic carbocycles. The Morgan fingerprint density at radius 3 is 2.66 bits per heavy atom. The van der Waals surface area contributed by atoms with Gasteiger partial charge in [-0.3, -0.25) is 19.7 Å². The minimum Gasteiger partial charge on any atom is -0.477 e. The average molecular weight is 438 g/mol. The average Bonchev–Trinajstić information content (AvgIpc) is 2.80. The van der Waals surface area contributed by atoms with Gasteiger partial charge in [-0.25, -0.2) is 0 Å². The second-order valence-electron chi connectivity index (χ2n) is 8.15. The molecule has 2 amide bonds. The number of nitro groups is 1. The maximum atomic E-state index is 13.0. The van der Waals surface area contributed by atoms with Crippen LogP contribution in [0.1, 0.15) is 24.8 Å². The number of nitrogens with one attached hydrogen (secondary N) is 1. The van der Waals surface area contributed by atoms with Gasteiger partial charge < -0.3 is 19.9 Å². The first kappa shape index (κ1) is 21.6. The van der Waals surface area contributed by atoms with Crippen molar-refractivity contribution < 1.29 is 19.2 Å². The summed E-state index contributed by atoms with van der Waals surface area (Å²) in [5.41, 5.74) is 1.57. The van der Waals surface area contributed by atoms with E-state index < -0.39 is 11.0 Å². The van der Waals surface area contributed by atoms with E-state index in [2.05, 4.69) is 5.32 Å². The second kappa shape index (κ2) is 9.25. The third kappa shape index (κ3) is 4.66. The third-order valence-corrected chi connectivity index (χ3v) is 5.83. The second-order valence-corrected chi connectivity index (χ2v) is 8.15. The lowest BCUT2D eigenvalue weighted by atomic mass is 10.1. The van der Waals surface area contributed by atoms with Crippen LogP contribution in [0, 0.1) is 17.0 Å². The van der Waals surface area contributed by atoms with Gasteiger partial charge in [0.1, 0.15) is 5.75 Å². The molecular formula is C23H26N4O5. The van der Waals surface area contributed by atoms with Gasteiger partial charge in [0, 0.05) is 30.4 Å². The van der Waals surface area contributed by atoms with Crippen LogP contribution in [0.5, 0.6) is 5.75 Å². The summed E-state index contributed by atoms with van der Waals surface area (Å²) in [6.07, 6.45) is 2.42. The van der Waals surface area contributed by atoms with Crippen LogP contribution in [0.3, 0.4) is 0 Å². The van der Waals surface area contributed by atoms with Crippen LogP contribution >= 0.6 is 0 Å². The van der Waals surface area contributed by atoms with Gasteiger partial charge in [-0.2, -0.15) is 0 Å². The summed E-state index contributed by atoms with van der Waals surface area (Å²) in [4.78, 5) is 40.2. The highest BCUT2D eigenvalue weighted by atomic mass is 16.6. The molecule has 0 saturated carbocycles. The molecule has 2 heterocycles. The van der Waals surface area contributed by atoms with Crippen molar-refractivity contribution in [3.63, 3.8) is 0 Å². The molecule has 1 atom stereocenters. The fourth-order valence-corrected chi connectivity index (χ4v) is 4.16. The number of carbonyl (C=O) groups excluding carboxylic acids is 2. The van der Waals surface area contributed by atoms with Crippen molar-refractivity contribution >= 4 is 28.9 Å². The van der Waals surface area contributed by atoms with Crippen molar-refractivity contribution in [2.75, 3.05) is 36.4 Å². The molecule has 1 unspecified atom stereocenters. The Labute approximate surface area is 186 Å². The zero-order valence-corrected chi connectivity index (χ0v) is 18.0. The Morgan fingerprint density at radius 2 is 1.91 bits per heavy atom. The molecule has 1 saturated heterocycles. The van der Waals surface area contributed by atoms with E-state index in [1.54, 1.807) is 25.1 Å². The molecule has 168 valence electrons. The molecular weight excluding hydrogens is 412 g/mol. The van der Waals surface area contributed by atoms with Crippen LogP contribution in [0.4, 0.5) is 17.1 Å². The topological polar surface area (TPSA) is 105 Å². The molecule has 1 fully saturated rings. The summed E-state index contributed by atoms with van der Waals surface area (Å²) in [5, 5.41) is 13.9. The summed E-state index contributed by atoms with van der Waals surface area (Å²) < 4.78 is 5.99. The number of fused-ring (bicyclic) bond motifs is 1. The smallest absolute Gasteiger partial charge is 0.274 e. The number of nitro benzene ring substituents is 1. The summed E-state index contributed by atoms with van der Waals surface area (Å²) in [5.74, 6) is 0.177. The first-order valence-electron chi connectivity index (χ1n) is 10.8. The van der Waals surface area contributed by atoms with Crippen molar-refractivity contribution in [3.8, 4) is 5.75 Å². The number of piperidine rings is 1. The maximum absolute atomic E-state index is 13.0. The molecule has 0 aromatic heterocycles. The standard InChI is InChI=1S/C23H26N4O5/c1-16-9-10-17(13-19(16)27(30)31)24-22(28)15-26-14-21(23(29)25-11-5-2-6-12-25)32-20-8-4-3-7-18(20)26/h3-4,7-10,13,21H,2,5-6,11-12,14-15H2,1H3,(H,24,28). The van der Waals surface area contributed by atoms with Crippen LogP contribution in [0.25, 0.3) is 0 Å². The van der Waals surface area contributed by atoms with E-state index in [-0.39, 0.29) is 30.6 Å². The van der Waals surface area contributed by atoms with Gasteiger partial charge in [-0.15, -0.1) is 0 Å². The van der Waals surface area contributed by atoms with Crippen molar-refractivity contribution in [1.29, 1.82) is 0 Å². The molecule has 2 aromatic rings. The Hall–Kier alpha value is -3.62. The summed E-state index contributed by atoms with van der Waals surface area (Å²) >= 11 is 0. The SMILES string of the molecule is Cc1ccc(NC(=O)CN2CC(C(=O)N3CCCCC3)Oc3ccccc32)cc1[N+](=O)[O-]. The molecule has 0 spiro atoms. The number of carbonyl (C=O) groups is 2. The van der Waals surface area contributed by atoms with E-state index in [9.17, 15) is 19.7 Å². The number of ether oxygens (including phenoxy) is 1. The Balaban J connectivity index is 1.49. The van der Waals surface area contributed by atoms with E-state index in [4.69, 9.17) is 4.74 Å². The highest BCUT2D eigenvalue weighted by molar-refractivity contribution is 5.95. The number of likely N-dealkylation sites (tertiary alicyclic amines) is 1. The minimum atomic E-state index is -0.684. The maximum Gasteiger partial charge on any atom is 0.274 e. The summed E-state index contributed by atoms with van der Waals surface area (Å²) in [6, 6.07) is 11.9. The van der Waals surface area contributed by atoms with Crippen LogP contribution < -0.4 is 15.0 Å². The molecule has 0 radical (unpaired) electrons. The molecule has 4 rings (SSSR count). The number of nitrogens with zero attached hydrogens (tertiary/aromatic N) is 3. The van der Waals surface area contributed by atoms with Crippen LogP contribution in [0.15, 0.2) is 42.5 Å². The van der Waals surface area contributed by atoms with Gasteiger partial charge in [0.05, 0.1) is 23.7 Å². The molecule has 32 heavy (non-hydrogen) atoms. The fraction of sp³-hybridized carbons (Fsp3) is 0.391. The number of aryl methyl sites for hydroxylation is 1. The number of benzene rings is 2. The third-order valence-electron chi connectivity index (χ3n) is 5.83. The monoisotopic (exact) mass is 438 g/mol. The molecule has 2 aliphatic rings. The predicted molar refractivity (Wildman–Crippen MR) is 120 cm³/mol. The number of hydrogen-bond donors (Lipinski definition) is 1. The van der Waals surface area contributed by atoms with Gasteiger partial charge in [0.25, 0.3) is 11.6 Å². The Kier molecular flexibility index (Phi) is 6.25. The first-order valence-corrected chi connectivity index (χ1v) is 10.8. The van der Waals surface area contributed by atoms with Crippen LogP contribution in [0.2, 0.25) is 0 Å². The zero-order chi connectivity index (χ0) is 22.7. The van der Waals surface area contributed by atoms with Crippen LogP contribution in [-0.4, -0.2) is 53.9 Å². The van der Waals surface area contributed by atoms with E-state index in [0.717, 1.165) is 38.0 Å². The normalized spacial score (nSPS) is 17.8. The lowest BCUT2D eigenvalue weighted by Gasteiger charge is -2.38. The quantitative estimate of drug-likeness (QED) is 0.568. The highest BCUT2D eigenvalue weighted by Crippen LogP contribution is 2.33. The molecule has 2 aliphatic heterocycles. The number of para-hydroxylation sites is 2. The van der Waals surface area contributed by atoms with Gasteiger partial charge in [0.2, 0.25) is 5.91 Å². The fourth-order valence-electron chi connectivity index (χ4n) is 4.16. The van der Waals surface area contributed by atoms with Crippen molar-refractivity contribution in [1.82, 2.24) is 4.90 Å². The van der Waals surface area contributed by atoms with Crippen molar-refractivity contribution in [3.05, 3.63) is 58.1 Å². The Morgan fingerprint density at radius 1 is 1.16 bits per heavy atom. The zero-order valence-electron chi connectivity index (χ0n) is 18.0. The van der Waals surface area contributed by atoms with Gasteiger partial charge >= 0.3 is 0 Å². The van der Waals surface area contributed by atoms with Crippen molar-refractivity contribution in [2.24, 2.45) is 0 Å². The summed E-state index contributed by atoms with van der Waals surface area (Å²) in [6.45, 7) is 3.35. The Bertz CT molecular complexity index is 1030. The number of amides is 2. The van der Waals surface area contributed by atoms with E-state index in [1.165, 1.54) is 6.07 Å². The highest BCUT2D eigenvalue weighted by Gasteiger charge is 2.34. The van der Waals surface area contributed by atoms with Gasteiger partial charge in [-0.05, 0) is 44.4 Å². The lowest BCUT2D eigenvalue weighted by Crippen LogP contribution is -2.52. The first-order chi connectivity index (χ1) is 15.4. The molecule has 0 aliphatic carbocycles. The van der Waals surface area contributed by atoms with E-state index in [1.807, 2.05) is 28.0 Å². The van der Waals surface area contributed by atoms with Crippen LogP contribution in [-0.2, 0) is 9.59 Å². The number of hydrogen-bond acceptors (Lipinski definition) is 6. The van der Waals surface area contributed by atoms with E-state index in [0.29, 0.717) is 17.0 Å². The van der Waals surface area contributed by atoms with Gasteiger partial charge in [-0.1, -0.05) is 18.2 Å². The summed E-state index contributed by atoms with van der Waals surface area (Å²) in [7, 11) is 0. The largest absolute Gasteiger partial charge is 0.477 e.